The number of anilines is 2. The number of nitrogens with zero attached hydrogens (tertiary/aromatic N) is 7. The molecule has 0 unspecified atom stereocenters. The van der Waals surface area contributed by atoms with Gasteiger partial charge in [0, 0.05) is 51.4 Å². The lowest BCUT2D eigenvalue weighted by atomic mass is 10.2. The highest BCUT2D eigenvalue weighted by Gasteiger charge is 2.26. The van der Waals surface area contributed by atoms with Gasteiger partial charge in [-0.05, 0) is 6.92 Å². The van der Waals surface area contributed by atoms with Crippen LogP contribution < -0.4 is 15.5 Å². The summed E-state index contributed by atoms with van der Waals surface area (Å²) in [6.07, 6.45) is 0. The van der Waals surface area contributed by atoms with E-state index in [1.807, 2.05) is 15.9 Å². The van der Waals surface area contributed by atoms with Crippen LogP contribution in [0.15, 0.2) is 12.1 Å². The summed E-state index contributed by atoms with van der Waals surface area (Å²) in [6, 6.07) is 2.75. The number of hydrogen-bond acceptors (Lipinski definition) is 8. The Morgan fingerprint density at radius 3 is 2.20 bits per heavy atom. The van der Waals surface area contributed by atoms with E-state index in [9.17, 15) is 18.0 Å². The number of aromatic nitrogens is 4. The number of imidazole rings is 1. The number of rotatable bonds is 4. The van der Waals surface area contributed by atoms with Crippen LogP contribution in [0.1, 0.15) is 5.82 Å². The zero-order chi connectivity index (χ0) is 24.7. The van der Waals surface area contributed by atoms with Crippen molar-refractivity contribution < 1.29 is 22.7 Å². The minimum atomic E-state index is -1.57. The molecule has 3 aromatic rings. The number of halogens is 3. The Hall–Kier alpha value is -3.45. The molecule has 2 aromatic heterocycles. The SMILES string of the molecule is Cc1nc2c(F)c(F)c(F)cc2n1-c1nc(N2CCOCC2)cc(N2CCN(C(=O)CN)CC2)n1. The number of ether oxygens (including phenoxy) is 1. The van der Waals surface area contributed by atoms with Crippen LogP contribution in [-0.2, 0) is 9.53 Å². The third-order valence-electron chi connectivity index (χ3n) is 6.31. The lowest BCUT2D eigenvalue weighted by molar-refractivity contribution is -0.129. The summed E-state index contributed by atoms with van der Waals surface area (Å²) in [5.41, 5.74) is 5.22. The number of nitrogens with two attached hydrogens (primary N) is 1. The Kier molecular flexibility index (Phi) is 6.19. The molecule has 1 amide bonds. The van der Waals surface area contributed by atoms with E-state index in [1.54, 1.807) is 11.8 Å². The second-order valence-corrected chi connectivity index (χ2v) is 8.40. The van der Waals surface area contributed by atoms with Gasteiger partial charge in [-0.25, -0.2) is 18.2 Å². The minimum absolute atomic E-state index is 0.0299. The first-order chi connectivity index (χ1) is 16.9. The van der Waals surface area contributed by atoms with Gasteiger partial charge in [0.15, 0.2) is 17.5 Å². The maximum atomic E-state index is 14.4. The smallest absolute Gasteiger partial charge is 0.239 e. The molecular formula is C22H25F3N8O2. The lowest BCUT2D eigenvalue weighted by Gasteiger charge is -2.36. The van der Waals surface area contributed by atoms with Crippen LogP contribution in [-0.4, -0.2) is 89.4 Å². The molecule has 2 aliphatic heterocycles. The Bertz CT molecular complexity index is 1270. The van der Waals surface area contributed by atoms with Gasteiger partial charge in [0.05, 0.1) is 25.3 Å². The molecule has 2 N–H and O–H groups in total. The van der Waals surface area contributed by atoms with Gasteiger partial charge in [-0.15, -0.1) is 0 Å². The van der Waals surface area contributed by atoms with Gasteiger partial charge >= 0.3 is 0 Å². The van der Waals surface area contributed by atoms with Crippen LogP contribution in [0.3, 0.4) is 0 Å². The molecular weight excluding hydrogens is 465 g/mol. The second kappa shape index (κ2) is 9.30. The molecule has 10 nitrogen and oxygen atoms in total. The largest absolute Gasteiger partial charge is 0.378 e. The van der Waals surface area contributed by atoms with Crippen LogP contribution in [0, 0.1) is 24.4 Å². The number of fused-ring (bicyclic) bond motifs is 1. The van der Waals surface area contributed by atoms with Crippen molar-refractivity contribution in [1.82, 2.24) is 24.4 Å². The van der Waals surface area contributed by atoms with Crippen molar-refractivity contribution in [3.05, 3.63) is 35.4 Å². The zero-order valence-electron chi connectivity index (χ0n) is 19.2. The quantitative estimate of drug-likeness (QED) is 0.540. The summed E-state index contributed by atoms with van der Waals surface area (Å²) in [7, 11) is 0. The lowest BCUT2D eigenvalue weighted by Crippen LogP contribution is -2.50. The summed E-state index contributed by atoms with van der Waals surface area (Å²) >= 11 is 0. The Morgan fingerprint density at radius 1 is 0.943 bits per heavy atom. The first-order valence-corrected chi connectivity index (χ1v) is 11.3. The monoisotopic (exact) mass is 490 g/mol. The van der Waals surface area contributed by atoms with Crippen molar-refractivity contribution in [2.45, 2.75) is 6.92 Å². The van der Waals surface area contributed by atoms with Crippen LogP contribution in [0.2, 0.25) is 0 Å². The molecule has 2 aliphatic rings. The van der Waals surface area contributed by atoms with Crippen molar-refractivity contribution in [3.8, 4) is 5.95 Å². The molecule has 0 aliphatic carbocycles. The molecule has 186 valence electrons. The fraction of sp³-hybridized carbons (Fsp3) is 0.455. The number of carbonyl (C=O) groups excluding carboxylic acids is 1. The van der Waals surface area contributed by atoms with Crippen molar-refractivity contribution in [1.29, 1.82) is 0 Å². The summed E-state index contributed by atoms with van der Waals surface area (Å²) in [5.74, 6) is -2.69. The first-order valence-electron chi connectivity index (χ1n) is 11.3. The van der Waals surface area contributed by atoms with Crippen molar-refractivity contribution in [2.24, 2.45) is 5.73 Å². The highest BCUT2D eigenvalue weighted by Crippen LogP contribution is 2.28. The number of carbonyl (C=O) groups is 1. The molecule has 35 heavy (non-hydrogen) atoms. The highest BCUT2D eigenvalue weighted by atomic mass is 19.2. The maximum absolute atomic E-state index is 14.4. The van der Waals surface area contributed by atoms with Gasteiger partial charge < -0.3 is 25.2 Å². The summed E-state index contributed by atoms with van der Waals surface area (Å²) in [4.78, 5) is 31.2. The van der Waals surface area contributed by atoms with Crippen molar-refractivity contribution in [2.75, 3.05) is 68.8 Å². The van der Waals surface area contributed by atoms with Gasteiger partial charge in [0.2, 0.25) is 11.9 Å². The van der Waals surface area contributed by atoms with E-state index in [2.05, 4.69) is 9.97 Å². The fourth-order valence-corrected chi connectivity index (χ4v) is 4.43. The molecule has 0 saturated carbocycles. The van der Waals surface area contributed by atoms with E-state index < -0.39 is 17.5 Å². The third-order valence-corrected chi connectivity index (χ3v) is 6.31. The summed E-state index contributed by atoms with van der Waals surface area (Å²) in [5, 5.41) is 0. The van der Waals surface area contributed by atoms with Crippen molar-refractivity contribution >= 4 is 28.6 Å². The Labute approximate surface area is 199 Å². The van der Waals surface area contributed by atoms with E-state index in [4.69, 9.17) is 15.5 Å². The predicted octanol–water partition coefficient (Wildman–Crippen LogP) is 0.985. The average Bonchev–Trinajstić information content (AvgIpc) is 3.22. The van der Waals surface area contributed by atoms with E-state index in [0.29, 0.717) is 64.1 Å². The topological polar surface area (TPSA) is 106 Å². The Morgan fingerprint density at radius 2 is 1.57 bits per heavy atom. The van der Waals surface area contributed by atoms with Crippen LogP contribution in [0.25, 0.3) is 17.0 Å². The predicted molar refractivity (Wildman–Crippen MR) is 122 cm³/mol. The van der Waals surface area contributed by atoms with Gasteiger partial charge in [-0.1, -0.05) is 0 Å². The third kappa shape index (κ3) is 4.25. The van der Waals surface area contributed by atoms with Gasteiger partial charge in [0.25, 0.3) is 0 Å². The number of piperazine rings is 1. The molecule has 5 rings (SSSR count). The van der Waals surface area contributed by atoms with Crippen molar-refractivity contribution in [3.63, 3.8) is 0 Å². The molecule has 0 atom stereocenters. The fourth-order valence-electron chi connectivity index (χ4n) is 4.43. The number of hydrogen-bond donors (Lipinski definition) is 1. The van der Waals surface area contributed by atoms with E-state index >= 15 is 0 Å². The van der Waals surface area contributed by atoms with Crippen LogP contribution in [0.5, 0.6) is 0 Å². The van der Waals surface area contributed by atoms with E-state index in [-0.39, 0.29) is 35.3 Å². The molecule has 1 aromatic carbocycles. The number of benzene rings is 1. The number of amides is 1. The molecule has 0 bridgehead atoms. The molecule has 13 heteroatoms. The average molecular weight is 490 g/mol. The summed E-state index contributed by atoms with van der Waals surface area (Å²) < 4.78 is 49.3. The summed E-state index contributed by atoms with van der Waals surface area (Å²) in [6.45, 7) is 5.91. The molecule has 2 fully saturated rings. The number of morpholine rings is 1. The number of aryl methyl sites for hydroxylation is 1. The first kappa shape index (κ1) is 23.3. The maximum Gasteiger partial charge on any atom is 0.239 e. The van der Waals surface area contributed by atoms with Gasteiger partial charge in [0.1, 0.15) is 23.0 Å². The van der Waals surface area contributed by atoms with E-state index in [0.717, 1.165) is 6.07 Å². The van der Waals surface area contributed by atoms with Gasteiger partial charge in [-0.2, -0.15) is 9.97 Å². The molecule has 0 radical (unpaired) electrons. The Balaban J connectivity index is 1.59. The van der Waals surface area contributed by atoms with Crippen LogP contribution in [0.4, 0.5) is 24.8 Å². The molecule has 2 saturated heterocycles. The minimum Gasteiger partial charge on any atom is -0.378 e. The van der Waals surface area contributed by atoms with Gasteiger partial charge in [-0.3, -0.25) is 9.36 Å². The second-order valence-electron chi connectivity index (χ2n) is 8.40. The molecule has 0 spiro atoms. The highest BCUT2D eigenvalue weighted by molar-refractivity contribution is 5.79. The zero-order valence-corrected chi connectivity index (χ0v) is 19.2. The van der Waals surface area contributed by atoms with E-state index in [1.165, 1.54) is 4.57 Å². The normalized spacial score (nSPS) is 16.9. The van der Waals surface area contributed by atoms with Crippen LogP contribution >= 0.6 is 0 Å². The molecule has 4 heterocycles. The standard InChI is InChI=1S/C22H25F3N8O2/c1-13-27-21-15(10-14(23)19(24)20(21)25)33(13)22-28-16(11-17(29-22)31-6-8-35-9-7-31)30-2-4-32(5-3-30)18(34)12-26/h10-11H,2-9,12,26H2,1H3.